The van der Waals surface area contributed by atoms with Crippen molar-refractivity contribution in [3.63, 3.8) is 0 Å². The Balaban J connectivity index is 2.04. The number of hydrogen-bond donors (Lipinski definition) is 0. The molecule has 1 aliphatic rings. The van der Waals surface area contributed by atoms with Crippen molar-refractivity contribution in [1.29, 1.82) is 0 Å². The molecule has 2 aromatic rings. The molecule has 0 unspecified atom stereocenters. The Bertz CT molecular complexity index is 836. The summed E-state index contributed by atoms with van der Waals surface area (Å²) in [6, 6.07) is 17.6. The van der Waals surface area contributed by atoms with Crippen LogP contribution in [0, 0.1) is 0 Å². The van der Waals surface area contributed by atoms with Gasteiger partial charge in [-0.15, -0.1) is 0 Å². The van der Waals surface area contributed by atoms with Crippen LogP contribution < -0.4 is 0 Å². The van der Waals surface area contributed by atoms with E-state index in [-0.39, 0.29) is 18.9 Å². The van der Waals surface area contributed by atoms with Gasteiger partial charge in [0.1, 0.15) is 0 Å². The smallest absolute Gasteiger partial charge is 0.334 e. The Labute approximate surface area is 157 Å². The number of carbonyl (C=O) groups excluding carboxylic acids is 3. The minimum atomic E-state index is -1.46. The van der Waals surface area contributed by atoms with E-state index in [2.05, 4.69) is 0 Å². The lowest BCUT2D eigenvalue weighted by atomic mass is 9.94. The van der Waals surface area contributed by atoms with Crippen LogP contribution in [-0.2, 0) is 19.1 Å². The van der Waals surface area contributed by atoms with Gasteiger partial charge < -0.3 is 9.47 Å². The second-order valence-corrected chi connectivity index (χ2v) is 6.47. The van der Waals surface area contributed by atoms with Crippen LogP contribution in [0.5, 0.6) is 0 Å². The first-order valence-corrected chi connectivity index (χ1v) is 8.77. The first-order chi connectivity index (χ1) is 13.0. The number of ether oxygens (including phenoxy) is 2. The molecule has 2 atom stereocenters. The molecule has 3 rings (SSSR count). The van der Waals surface area contributed by atoms with Gasteiger partial charge in [-0.3, -0.25) is 14.5 Å². The first kappa shape index (κ1) is 18.6. The Kier molecular flexibility index (Phi) is 5.26. The molecule has 1 heterocycles. The second-order valence-electron chi connectivity index (χ2n) is 6.47. The lowest BCUT2D eigenvalue weighted by Gasteiger charge is -2.33. The molecule has 0 aromatic heterocycles. The molecule has 0 bridgehead atoms. The maximum Gasteiger partial charge on any atom is 0.334 e. The minimum Gasteiger partial charge on any atom is -0.466 e. The Hall–Kier alpha value is -3.15. The van der Waals surface area contributed by atoms with E-state index in [4.69, 9.17) is 9.47 Å². The SMILES string of the molecule is CCOC(=O)C[C@@]1(C)C(=O)O[C@H](c2ccccc2)N1C(=O)c1ccccc1. The minimum absolute atomic E-state index is 0.193. The molecule has 0 saturated carbocycles. The predicted molar refractivity (Wildman–Crippen MR) is 97.5 cm³/mol. The summed E-state index contributed by atoms with van der Waals surface area (Å²) in [5.41, 5.74) is -0.394. The maximum absolute atomic E-state index is 13.3. The van der Waals surface area contributed by atoms with Gasteiger partial charge in [-0.1, -0.05) is 48.5 Å². The van der Waals surface area contributed by atoms with Gasteiger partial charge in [0, 0.05) is 11.1 Å². The van der Waals surface area contributed by atoms with Gasteiger partial charge in [-0.25, -0.2) is 4.79 Å². The van der Waals surface area contributed by atoms with E-state index in [0.29, 0.717) is 11.1 Å². The van der Waals surface area contributed by atoms with Crippen molar-refractivity contribution < 1.29 is 23.9 Å². The zero-order valence-electron chi connectivity index (χ0n) is 15.3. The molecule has 2 aromatic carbocycles. The van der Waals surface area contributed by atoms with Gasteiger partial charge >= 0.3 is 11.9 Å². The van der Waals surface area contributed by atoms with Gasteiger partial charge in [0.2, 0.25) is 6.23 Å². The van der Waals surface area contributed by atoms with Crippen LogP contribution in [0.1, 0.15) is 42.4 Å². The van der Waals surface area contributed by atoms with Crippen molar-refractivity contribution in [1.82, 2.24) is 4.90 Å². The van der Waals surface area contributed by atoms with Crippen molar-refractivity contribution in [3.05, 3.63) is 71.8 Å². The fourth-order valence-electron chi connectivity index (χ4n) is 3.17. The third kappa shape index (κ3) is 3.56. The van der Waals surface area contributed by atoms with E-state index in [0.717, 1.165) is 0 Å². The summed E-state index contributed by atoms with van der Waals surface area (Å²) in [5.74, 6) is -1.58. The monoisotopic (exact) mass is 367 g/mol. The molecule has 1 aliphatic heterocycles. The molecule has 0 N–H and O–H groups in total. The van der Waals surface area contributed by atoms with Gasteiger partial charge in [0.25, 0.3) is 5.91 Å². The highest BCUT2D eigenvalue weighted by Crippen LogP contribution is 2.41. The summed E-state index contributed by atoms with van der Waals surface area (Å²) in [7, 11) is 0. The molecule has 0 aliphatic carbocycles. The van der Waals surface area contributed by atoms with E-state index < -0.39 is 23.7 Å². The van der Waals surface area contributed by atoms with E-state index >= 15 is 0 Å². The summed E-state index contributed by atoms with van der Waals surface area (Å²) in [6.07, 6.45) is -1.19. The average molecular weight is 367 g/mol. The van der Waals surface area contributed by atoms with Crippen LogP contribution >= 0.6 is 0 Å². The summed E-state index contributed by atoms with van der Waals surface area (Å²) < 4.78 is 10.6. The normalized spacial score (nSPS) is 21.6. The molecule has 0 spiro atoms. The molecule has 27 heavy (non-hydrogen) atoms. The number of rotatable bonds is 5. The maximum atomic E-state index is 13.3. The predicted octanol–water partition coefficient (Wildman–Crippen LogP) is 3.10. The highest BCUT2D eigenvalue weighted by atomic mass is 16.6. The topological polar surface area (TPSA) is 72.9 Å². The number of cyclic esters (lactones) is 1. The molecule has 6 heteroatoms. The van der Waals surface area contributed by atoms with E-state index in [9.17, 15) is 14.4 Å². The van der Waals surface area contributed by atoms with E-state index in [1.165, 1.54) is 11.8 Å². The number of benzene rings is 2. The van der Waals surface area contributed by atoms with Crippen LogP contribution in [-0.4, -0.2) is 34.9 Å². The Morgan fingerprint density at radius 3 is 2.26 bits per heavy atom. The number of amides is 1. The Morgan fingerprint density at radius 1 is 1.07 bits per heavy atom. The van der Waals surface area contributed by atoms with Crippen molar-refractivity contribution in [2.75, 3.05) is 6.61 Å². The van der Waals surface area contributed by atoms with Crippen molar-refractivity contribution in [2.24, 2.45) is 0 Å². The summed E-state index contributed by atoms with van der Waals surface area (Å²) >= 11 is 0. The highest BCUT2D eigenvalue weighted by Gasteiger charge is 2.56. The van der Waals surface area contributed by atoms with Crippen LogP contribution in [0.4, 0.5) is 0 Å². The second kappa shape index (κ2) is 7.61. The van der Waals surface area contributed by atoms with Crippen LogP contribution in [0.2, 0.25) is 0 Å². The average Bonchev–Trinajstić information content (AvgIpc) is 2.93. The number of hydrogen-bond acceptors (Lipinski definition) is 5. The molecule has 1 amide bonds. The highest BCUT2D eigenvalue weighted by molar-refractivity contribution is 6.01. The number of carbonyl (C=O) groups is 3. The zero-order valence-corrected chi connectivity index (χ0v) is 15.3. The van der Waals surface area contributed by atoms with Crippen molar-refractivity contribution >= 4 is 17.8 Å². The van der Waals surface area contributed by atoms with Crippen molar-refractivity contribution in [3.8, 4) is 0 Å². The number of esters is 2. The van der Waals surface area contributed by atoms with Crippen LogP contribution in [0.25, 0.3) is 0 Å². The van der Waals surface area contributed by atoms with Crippen LogP contribution in [0.15, 0.2) is 60.7 Å². The standard InChI is InChI=1S/C21H21NO5/c1-3-26-17(23)14-21(2)20(25)27-19(16-12-8-5-9-13-16)22(21)18(24)15-10-6-4-7-11-15/h4-13,19H,3,14H2,1-2H3/t19-,21+/m1/s1. The van der Waals surface area contributed by atoms with E-state index in [1.54, 1.807) is 61.5 Å². The molecular formula is C21H21NO5. The zero-order chi connectivity index (χ0) is 19.4. The number of nitrogens with zero attached hydrogens (tertiary/aromatic N) is 1. The van der Waals surface area contributed by atoms with E-state index in [1.807, 2.05) is 6.07 Å². The van der Waals surface area contributed by atoms with Gasteiger partial charge in [0.05, 0.1) is 13.0 Å². The lowest BCUT2D eigenvalue weighted by Crippen LogP contribution is -2.51. The largest absolute Gasteiger partial charge is 0.466 e. The summed E-state index contributed by atoms with van der Waals surface area (Å²) in [5, 5.41) is 0. The fourth-order valence-corrected chi connectivity index (χ4v) is 3.17. The lowest BCUT2D eigenvalue weighted by molar-refractivity contribution is -0.152. The molecule has 140 valence electrons. The molecule has 1 fully saturated rings. The summed E-state index contributed by atoms with van der Waals surface area (Å²) in [6.45, 7) is 3.42. The van der Waals surface area contributed by atoms with Crippen molar-refractivity contribution in [2.45, 2.75) is 32.0 Å². The Morgan fingerprint density at radius 2 is 1.67 bits per heavy atom. The third-order valence-electron chi connectivity index (χ3n) is 4.54. The van der Waals surface area contributed by atoms with Gasteiger partial charge in [-0.2, -0.15) is 0 Å². The first-order valence-electron chi connectivity index (χ1n) is 8.77. The quantitative estimate of drug-likeness (QED) is 0.760. The molecule has 0 radical (unpaired) electrons. The van der Waals surface area contributed by atoms with Gasteiger partial charge in [-0.05, 0) is 26.0 Å². The molecule has 1 saturated heterocycles. The summed E-state index contributed by atoms with van der Waals surface area (Å²) in [4.78, 5) is 39.5. The molecule has 6 nitrogen and oxygen atoms in total. The molecular weight excluding hydrogens is 346 g/mol. The van der Waals surface area contributed by atoms with Gasteiger partial charge in [0.15, 0.2) is 5.54 Å². The van der Waals surface area contributed by atoms with Crippen LogP contribution in [0.3, 0.4) is 0 Å². The third-order valence-corrected chi connectivity index (χ3v) is 4.54. The fraction of sp³-hybridized carbons (Fsp3) is 0.286.